The monoisotopic (exact) mass is 416 g/mol. The van der Waals surface area contributed by atoms with E-state index >= 15 is 0 Å². The number of ether oxygens (including phenoxy) is 2. The molecule has 7 nitrogen and oxygen atoms in total. The first-order chi connectivity index (χ1) is 14.1. The van der Waals surface area contributed by atoms with Gasteiger partial charge < -0.3 is 19.0 Å². The molecule has 0 amide bonds. The molecular formula is C23H28O7. The number of aliphatic hydroxyl groups is 1. The van der Waals surface area contributed by atoms with Crippen LogP contribution in [-0.2, 0) is 23.9 Å². The van der Waals surface area contributed by atoms with Crippen molar-refractivity contribution in [2.45, 2.75) is 52.6 Å². The number of rotatable bonds is 5. The first kappa shape index (κ1) is 22.0. The standard InChI is InChI=1S/C23H28O7/c1-6-28-21(25)19-16(24)11-23(5,27)20(22(26)29-7-2)18(19)14-8-9-15-12(3)13(4)30-17(15)10-14/h8-10,18-20,27H,6-7,11H2,1-5H3. The van der Waals surface area contributed by atoms with E-state index in [2.05, 4.69) is 0 Å². The summed E-state index contributed by atoms with van der Waals surface area (Å²) in [5.41, 5.74) is 0.458. The highest BCUT2D eigenvalue weighted by molar-refractivity contribution is 6.03. The van der Waals surface area contributed by atoms with Crippen molar-refractivity contribution in [3.05, 3.63) is 35.1 Å². The minimum absolute atomic E-state index is 0.103. The summed E-state index contributed by atoms with van der Waals surface area (Å²) in [5.74, 6) is -4.32. The lowest BCUT2D eigenvalue weighted by Gasteiger charge is -2.43. The van der Waals surface area contributed by atoms with E-state index in [0.29, 0.717) is 11.1 Å². The SMILES string of the molecule is CCOC(=O)C1C(=O)CC(C)(O)C(C(=O)OCC)C1c1ccc2c(C)c(C)oc2c1. The largest absolute Gasteiger partial charge is 0.466 e. The molecule has 1 N–H and O–H groups in total. The fourth-order valence-electron chi connectivity index (χ4n) is 4.45. The molecule has 0 saturated heterocycles. The van der Waals surface area contributed by atoms with Gasteiger partial charge in [0.25, 0.3) is 0 Å². The summed E-state index contributed by atoms with van der Waals surface area (Å²) in [6.45, 7) is 8.77. The fourth-order valence-corrected chi connectivity index (χ4v) is 4.45. The average molecular weight is 416 g/mol. The van der Waals surface area contributed by atoms with Gasteiger partial charge in [0.15, 0.2) is 5.78 Å². The number of carbonyl (C=O) groups is 3. The first-order valence-corrected chi connectivity index (χ1v) is 10.2. The second-order valence-corrected chi connectivity index (χ2v) is 8.02. The second-order valence-electron chi connectivity index (χ2n) is 8.02. The summed E-state index contributed by atoms with van der Waals surface area (Å²) in [4.78, 5) is 38.6. The van der Waals surface area contributed by atoms with Crippen molar-refractivity contribution >= 4 is 28.7 Å². The van der Waals surface area contributed by atoms with E-state index in [1.165, 1.54) is 6.92 Å². The molecule has 4 unspecified atom stereocenters. The number of furan rings is 1. The Hall–Kier alpha value is -2.67. The predicted octanol–water partition coefficient (Wildman–Crippen LogP) is 3.22. The number of esters is 2. The molecule has 1 heterocycles. The van der Waals surface area contributed by atoms with Gasteiger partial charge in [-0.1, -0.05) is 12.1 Å². The molecule has 1 aliphatic carbocycles. The minimum atomic E-state index is -1.67. The second kappa shape index (κ2) is 8.22. The minimum Gasteiger partial charge on any atom is -0.466 e. The van der Waals surface area contributed by atoms with Crippen molar-refractivity contribution in [1.82, 2.24) is 0 Å². The van der Waals surface area contributed by atoms with Crippen molar-refractivity contribution in [1.29, 1.82) is 0 Å². The molecule has 30 heavy (non-hydrogen) atoms. The zero-order valence-electron chi connectivity index (χ0n) is 18.0. The number of carbonyl (C=O) groups excluding carboxylic acids is 3. The number of hydrogen-bond donors (Lipinski definition) is 1. The van der Waals surface area contributed by atoms with Crippen molar-refractivity contribution < 1.29 is 33.4 Å². The van der Waals surface area contributed by atoms with E-state index in [9.17, 15) is 19.5 Å². The van der Waals surface area contributed by atoms with Gasteiger partial charge >= 0.3 is 11.9 Å². The molecule has 1 saturated carbocycles. The van der Waals surface area contributed by atoms with Gasteiger partial charge in [-0.05, 0) is 51.8 Å². The van der Waals surface area contributed by atoms with Crippen LogP contribution in [0.2, 0.25) is 0 Å². The lowest BCUT2D eigenvalue weighted by molar-refractivity contribution is -0.172. The van der Waals surface area contributed by atoms with E-state index in [-0.39, 0.29) is 19.6 Å². The van der Waals surface area contributed by atoms with Crippen LogP contribution in [0.15, 0.2) is 22.6 Å². The number of hydrogen-bond acceptors (Lipinski definition) is 7. The summed E-state index contributed by atoms with van der Waals surface area (Å²) in [6.07, 6.45) is -0.336. The summed E-state index contributed by atoms with van der Waals surface area (Å²) >= 11 is 0. The van der Waals surface area contributed by atoms with E-state index in [1.54, 1.807) is 26.0 Å². The van der Waals surface area contributed by atoms with E-state index < -0.39 is 41.1 Å². The third kappa shape index (κ3) is 3.74. The lowest BCUT2D eigenvalue weighted by atomic mass is 9.61. The summed E-state index contributed by atoms with van der Waals surface area (Å²) in [6, 6.07) is 5.34. The quantitative estimate of drug-likeness (QED) is 0.590. The van der Waals surface area contributed by atoms with E-state index in [4.69, 9.17) is 13.9 Å². The topological polar surface area (TPSA) is 103 Å². The van der Waals surface area contributed by atoms with Crippen LogP contribution in [0.4, 0.5) is 0 Å². The van der Waals surface area contributed by atoms with Gasteiger partial charge in [0, 0.05) is 17.7 Å². The predicted molar refractivity (Wildman–Crippen MR) is 109 cm³/mol. The molecule has 1 aromatic carbocycles. The number of Topliss-reactive ketones (excluding diaryl/α,β-unsaturated/α-hetero) is 1. The van der Waals surface area contributed by atoms with Gasteiger partial charge in [-0.2, -0.15) is 0 Å². The van der Waals surface area contributed by atoms with Gasteiger partial charge in [-0.15, -0.1) is 0 Å². The molecule has 4 atom stereocenters. The maximum Gasteiger partial charge on any atom is 0.317 e. The Bertz CT molecular complexity index is 985. The molecule has 2 aromatic rings. The Kier molecular flexibility index (Phi) is 6.04. The Morgan fingerprint density at radius 2 is 1.80 bits per heavy atom. The Balaban J connectivity index is 2.20. The number of ketones is 1. The fraction of sp³-hybridized carbons (Fsp3) is 0.522. The Morgan fingerprint density at radius 3 is 2.43 bits per heavy atom. The van der Waals surface area contributed by atoms with Crippen LogP contribution in [0.1, 0.15) is 50.0 Å². The lowest BCUT2D eigenvalue weighted by Crippen LogP contribution is -2.55. The molecule has 0 bridgehead atoms. The van der Waals surface area contributed by atoms with E-state index in [0.717, 1.165) is 16.7 Å². The number of fused-ring (bicyclic) bond motifs is 1. The van der Waals surface area contributed by atoms with Gasteiger partial charge in [0.05, 0.1) is 24.7 Å². The zero-order chi connectivity index (χ0) is 22.2. The first-order valence-electron chi connectivity index (χ1n) is 10.2. The smallest absolute Gasteiger partial charge is 0.317 e. The molecule has 1 fully saturated rings. The molecule has 0 radical (unpaired) electrons. The van der Waals surface area contributed by atoms with Crippen molar-refractivity contribution in [3.63, 3.8) is 0 Å². The summed E-state index contributed by atoms with van der Waals surface area (Å²) in [7, 11) is 0. The molecule has 1 aliphatic rings. The van der Waals surface area contributed by atoms with Crippen LogP contribution in [-0.4, -0.2) is 41.6 Å². The van der Waals surface area contributed by atoms with Crippen LogP contribution in [0.25, 0.3) is 11.0 Å². The highest BCUT2D eigenvalue weighted by Crippen LogP contribution is 2.47. The highest BCUT2D eigenvalue weighted by atomic mass is 16.5. The van der Waals surface area contributed by atoms with Crippen molar-refractivity contribution in [2.24, 2.45) is 11.8 Å². The zero-order valence-corrected chi connectivity index (χ0v) is 18.0. The summed E-state index contributed by atoms with van der Waals surface area (Å²) in [5, 5.41) is 11.9. The molecular weight excluding hydrogens is 388 g/mol. The van der Waals surface area contributed by atoms with Gasteiger partial charge in [0.2, 0.25) is 0 Å². The normalized spacial score (nSPS) is 26.6. The van der Waals surface area contributed by atoms with Crippen molar-refractivity contribution in [3.8, 4) is 0 Å². The average Bonchev–Trinajstić information content (AvgIpc) is 2.94. The third-order valence-corrected chi connectivity index (χ3v) is 5.93. The van der Waals surface area contributed by atoms with Gasteiger partial charge in [0.1, 0.15) is 17.3 Å². The Morgan fingerprint density at radius 1 is 1.17 bits per heavy atom. The van der Waals surface area contributed by atoms with E-state index in [1.807, 2.05) is 19.9 Å². The van der Waals surface area contributed by atoms with Crippen molar-refractivity contribution in [2.75, 3.05) is 13.2 Å². The Labute approximate surface area is 175 Å². The molecule has 0 spiro atoms. The van der Waals surface area contributed by atoms with Crippen LogP contribution in [0, 0.1) is 25.7 Å². The highest BCUT2D eigenvalue weighted by Gasteiger charge is 2.57. The maximum atomic E-state index is 12.9. The molecule has 1 aromatic heterocycles. The van der Waals surface area contributed by atoms with Crippen LogP contribution in [0.5, 0.6) is 0 Å². The van der Waals surface area contributed by atoms with Crippen LogP contribution < -0.4 is 0 Å². The summed E-state index contributed by atoms with van der Waals surface area (Å²) < 4.78 is 16.2. The molecule has 0 aliphatic heterocycles. The van der Waals surface area contributed by atoms with Crippen LogP contribution >= 0.6 is 0 Å². The third-order valence-electron chi connectivity index (χ3n) is 5.93. The maximum absolute atomic E-state index is 12.9. The molecule has 7 heteroatoms. The number of benzene rings is 1. The number of aryl methyl sites for hydroxylation is 2. The van der Waals surface area contributed by atoms with Gasteiger partial charge in [-0.3, -0.25) is 14.4 Å². The molecule has 3 rings (SSSR count). The van der Waals surface area contributed by atoms with Gasteiger partial charge in [-0.25, -0.2) is 0 Å². The molecule has 162 valence electrons. The van der Waals surface area contributed by atoms with Crippen LogP contribution in [0.3, 0.4) is 0 Å².